The number of aromatic nitrogens is 1. The zero-order chi connectivity index (χ0) is 34.7. The minimum absolute atomic E-state index is 0.0203. The second kappa shape index (κ2) is 17.3. The van der Waals surface area contributed by atoms with E-state index in [1.54, 1.807) is 30.3 Å². The summed E-state index contributed by atoms with van der Waals surface area (Å²) in [4.78, 5) is 18.4. The predicted molar refractivity (Wildman–Crippen MR) is 190 cm³/mol. The summed E-state index contributed by atoms with van der Waals surface area (Å²) in [5.41, 5.74) is 1.71. The van der Waals surface area contributed by atoms with Gasteiger partial charge >= 0.3 is 0 Å². The summed E-state index contributed by atoms with van der Waals surface area (Å²) >= 11 is 1.06. The Kier molecular flexibility index (Phi) is 14.4. The maximum absolute atomic E-state index is 13.8. The Morgan fingerprint density at radius 2 is 1.38 bits per heavy atom. The number of nitrogens with one attached hydrogen (secondary N) is 1. The van der Waals surface area contributed by atoms with Gasteiger partial charge in [0.1, 0.15) is 5.01 Å². The molecular weight excluding hydrogens is 681 g/mol. The van der Waals surface area contributed by atoms with Crippen LogP contribution in [0.1, 0.15) is 95.4 Å². The van der Waals surface area contributed by atoms with Gasteiger partial charge in [-0.3, -0.25) is 4.79 Å². The SMILES string of the molecule is CCCCCCCCCCCCCCC(C(=O)NCCS(N)(=O)=O)(c1nc2ccc(-c3cccc(S(N)(=O)=O)c3)cc2s1)S(C)(=O)=O. The lowest BCUT2D eigenvalue weighted by atomic mass is 9.98. The molecule has 0 aliphatic heterocycles. The lowest BCUT2D eigenvalue weighted by Gasteiger charge is -2.29. The van der Waals surface area contributed by atoms with Gasteiger partial charge in [0.05, 0.1) is 20.9 Å². The molecule has 1 aromatic heterocycles. The zero-order valence-corrected chi connectivity index (χ0v) is 30.5. The average molecular weight is 729 g/mol. The van der Waals surface area contributed by atoms with E-state index >= 15 is 0 Å². The van der Waals surface area contributed by atoms with E-state index in [2.05, 4.69) is 17.2 Å². The third-order valence-corrected chi connectivity index (χ3v) is 13.1. The van der Waals surface area contributed by atoms with Gasteiger partial charge in [-0.05, 0) is 41.8 Å². The Balaban J connectivity index is 1.85. The molecule has 1 unspecified atom stereocenters. The third-order valence-electron chi connectivity index (χ3n) is 8.28. The molecule has 0 radical (unpaired) electrons. The number of carbonyl (C=O) groups is 1. The maximum atomic E-state index is 13.8. The van der Waals surface area contributed by atoms with Gasteiger partial charge in [-0.1, -0.05) is 102 Å². The fourth-order valence-electron chi connectivity index (χ4n) is 5.62. The molecule has 0 aliphatic carbocycles. The number of amides is 1. The van der Waals surface area contributed by atoms with Crippen molar-refractivity contribution >= 4 is 57.3 Å². The molecule has 0 spiro atoms. The highest BCUT2D eigenvalue weighted by Crippen LogP contribution is 2.41. The number of unbranched alkanes of at least 4 members (excludes halogenated alkanes) is 11. The molecule has 2 aromatic carbocycles. The van der Waals surface area contributed by atoms with Gasteiger partial charge in [0.2, 0.25) is 30.7 Å². The molecule has 1 amide bonds. The predicted octanol–water partition coefficient (Wildman–Crippen LogP) is 5.35. The van der Waals surface area contributed by atoms with Crippen molar-refractivity contribution in [2.24, 2.45) is 10.3 Å². The van der Waals surface area contributed by atoms with E-state index in [1.165, 1.54) is 57.1 Å². The monoisotopic (exact) mass is 728 g/mol. The van der Waals surface area contributed by atoms with Crippen LogP contribution < -0.4 is 15.6 Å². The summed E-state index contributed by atoms with van der Waals surface area (Å²) in [5, 5.41) is 13.0. The Labute approximate surface area is 284 Å². The van der Waals surface area contributed by atoms with Crippen LogP contribution in [0.3, 0.4) is 0 Å². The molecule has 0 fully saturated rings. The third kappa shape index (κ3) is 11.3. The highest BCUT2D eigenvalue weighted by atomic mass is 32.2. The smallest absolute Gasteiger partial charge is 0.248 e. The lowest BCUT2D eigenvalue weighted by molar-refractivity contribution is -0.124. The summed E-state index contributed by atoms with van der Waals surface area (Å²) in [6.07, 6.45) is 13.9. The van der Waals surface area contributed by atoms with Gasteiger partial charge in [0.25, 0.3) is 0 Å². The molecular formula is C32H48N4O7S4. The van der Waals surface area contributed by atoms with Crippen LogP contribution in [0.15, 0.2) is 47.4 Å². The van der Waals surface area contributed by atoms with Crippen molar-refractivity contribution < 1.29 is 30.0 Å². The molecule has 5 N–H and O–H groups in total. The number of hydrogen-bond donors (Lipinski definition) is 3. The number of rotatable bonds is 21. The number of sulfonamides is 2. The summed E-state index contributed by atoms with van der Waals surface area (Å²) in [7, 11) is -11.9. The minimum atomic E-state index is -4.12. The summed E-state index contributed by atoms with van der Waals surface area (Å²) < 4.78 is 72.5. The number of nitrogens with two attached hydrogens (primary N) is 2. The lowest BCUT2D eigenvalue weighted by Crippen LogP contribution is -2.50. The first-order chi connectivity index (χ1) is 22.1. The first-order valence-electron chi connectivity index (χ1n) is 16.1. The number of fused-ring (bicyclic) bond motifs is 1. The van der Waals surface area contributed by atoms with Crippen LogP contribution in [0.5, 0.6) is 0 Å². The van der Waals surface area contributed by atoms with Crippen molar-refractivity contribution in [1.82, 2.24) is 10.3 Å². The van der Waals surface area contributed by atoms with Crippen LogP contribution in [0.2, 0.25) is 0 Å². The second-order valence-electron chi connectivity index (χ2n) is 12.1. The van der Waals surface area contributed by atoms with Gasteiger partial charge in [0.15, 0.2) is 9.84 Å². The number of sulfone groups is 1. The van der Waals surface area contributed by atoms with Crippen LogP contribution in [0.25, 0.3) is 21.3 Å². The number of nitrogens with zero attached hydrogens (tertiary/aromatic N) is 1. The molecule has 11 nitrogen and oxygen atoms in total. The Bertz CT molecular complexity index is 1820. The van der Waals surface area contributed by atoms with Crippen molar-refractivity contribution in [3.63, 3.8) is 0 Å². The summed E-state index contributed by atoms with van der Waals surface area (Å²) in [6.45, 7) is 1.86. The van der Waals surface area contributed by atoms with Gasteiger partial charge < -0.3 is 5.32 Å². The normalized spacial score (nSPS) is 13.9. The molecule has 47 heavy (non-hydrogen) atoms. The summed E-state index contributed by atoms with van der Waals surface area (Å²) in [5.74, 6) is -1.38. The number of thiazole rings is 1. The van der Waals surface area contributed by atoms with Crippen LogP contribution in [-0.2, 0) is 39.4 Å². The van der Waals surface area contributed by atoms with Crippen molar-refractivity contribution in [3.05, 3.63) is 47.5 Å². The molecule has 3 aromatic rings. The topological polar surface area (TPSA) is 196 Å². The van der Waals surface area contributed by atoms with E-state index < -0.39 is 46.3 Å². The fourth-order valence-corrected chi connectivity index (χ4v) is 9.55. The van der Waals surface area contributed by atoms with E-state index in [9.17, 15) is 30.0 Å². The number of hydrogen-bond acceptors (Lipinski definition) is 9. The molecule has 262 valence electrons. The quantitative estimate of drug-likeness (QED) is 0.122. The molecule has 1 atom stereocenters. The van der Waals surface area contributed by atoms with E-state index in [1.807, 2.05) is 0 Å². The number of carbonyl (C=O) groups excluding carboxylic acids is 1. The minimum Gasteiger partial charge on any atom is -0.353 e. The van der Waals surface area contributed by atoms with E-state index in [0.717, 1.165) is 43.3 Å². The van der Waals surface area contributed by atoms with Gasteiger partial charge in [-0.2, -0.15) is 0 Å². The van der Waals surface area contributed by atoms with Crippen LogP contribution >= 0.6 is 11.3 Å². The van der Waals surface area contributed by atoms with Crippen LogP contribution in [0, 0.1) is 0 Å². The first-order valence-corrected chi connectivity index (χ1v) is 22.1. The number of benzene rings is 2. The van der Waals surface area contributed by atoms with E-state index in [-0.39, 0.29) is 22.9 Å². The average Bonchev–Trinajstić information content (AvgIpc) is 3.41. The molecule has 0 bridgehead atoms. The Hall–Kier alpha value is -2.43. The molecule has 0 saturated heterocycles. The molecule has 3 rings (SSSR count). The van der Waals surface area contributed by atoms with Gasteiger partial charge in [0, 0.05) is 12.8 Å². The van der Waals surface area contributed by atoms with Gasteiger partial charge in [-0.25, -0.2) is 40.5 Å². The van der Waals surface area contributed by atoms with E-state index in [4.69, 9.17) is 10.3 Å². The Morgan fingerprint density at radius 3 is 1.94 bits per heavy atom. The van der Waals surface area contributed by atoms with Crippen molar-refractivity contribution in [3.8, 4) is 11.1 Å². The molecule has 0 aliphatic rings. The van der Waals surface area contributed by atoms with Crippen molar-refractivity contribution in [2.75, 3.05) is 18.6 Å². The highest BCUT2D eigenvalue weighted by Gasteiger charge is 2.51. The second-order valence-corrected chi connectivity index (χ2v) is 18.7. The van der Waals surface area contributed by atoms with Crippen molar-refractivity contribution in [1.29, 1.82) is 0 Å². The highest BCUT2D eigenvalue weighted by molar-refractivity contribution is 7.92. The van der Waals surface area contributed by atoms with Crippen LogP contribution in [0.4, 0.5) is 0 Å². The molecule has 1 heterocycles. The zero-order valence-electron chi connectivity index (χ0n) is 27.2. The van der Waals surface area contributed by atoms with Crippen molar-refractivity contribution in [2.45, 2.75) is 100 Å². The number of primary sulfonamides is 2. The molecule has 15 heteroatoms. The summed E-state index contributed by atoms with van der Waals surface area (Å²) in [6, 6.07) is 11.3. The van der Waals surface area contributed by atoms with E-state index in [0.29, 0.717) is 27.8 Å². The van der Waals surface area contributed by atoms with Crippen LogP contribution in [-0.4, -0.2) is 54.7 Å². The Morgan fingerprint density at radius 1 is 0.809 bits per heavy atom. The maximum Gasteiger partial charge on any atom is 0.248 e. The largest absolute Gasteiger partial charge is 0.353 e. The van der Waals surface area contributed by atoms with Gasteiger partial charge in [-0.15, -0.1) is 11.3 Å². The molecule has 0 saturated carbocycles. The standard InChI is InChI=1S/C32H48N4O7S4/c1-3-4-5-6-7-8-9-10-11-12-13-14-20-32(45(2,38)39,30(37)35-21-22-46(33,40)41)31-36-28-19-18-26(24-29(28)44-31)25-16-15-17-27(23-25)47(34,42)43/h15-19,23-24H,3-14,20-22H2,1-2H3,(H,35,37)(H2,33,40,41)(H2,34,42,43). The first kappa shape index (κ1) is 39.0. The fraction of sp³-hybridized carbons (Fsp3) is 0.562.